The van der Waals surface area contributed by atoms with Gasteiger partial charge >= 0.3 is 0 Å². The Balaban J connectivity index is 1.95. The molecule has 4 nitrogen and oxygen atoms in total. The predicted octanol–water partition coefficient (Wildman–Crippen LogP) is 2.28. The third kappa shape index (κ3) is 4.13. The number of aliphatic hydroxyl groups is 1. The lowest BCUT2D eigenvalue weighted by Gasteiger charge is -2.22. The first kappa shape index (κ1) is 15.2. The third-order valence-electron chi connectivity index (χ3n) is 2.95. The normalized spacial score (nSPS) is 13.7. The Morgan fingerprint density at radius 1 is 1.33 bits per heavy atom. The van der Waals surface area contributed by atoms with Gasteiger partial charge in [0.05, 0.1) is 11.9 Å². The van der Waals surface area contributed by atoms with Crippen molar-refractivity contribution >= 4 is 5.91 Å². The van der Waals surface area contributed by atoms with Crippen molar-refractivity contribution in [2.75, 3.05) is 6.54 Å². The van der Waals surface area contributed by atoms with E-state index in [4.69, 9.17) is 4.42 Å². The fourth-order valence-corrected chi connectivity index (χ4v) is 1.86. The van der Waals surface area contributed by atoms with Gasteiger partial charge < -0.3 is 14.8 Å². The number of amides is 1. The second-order valence-electron chi connectivity index (χ2n) is 5.06. The van der Waals surface area contributed by atoms with Crippen molar-refractivity contribution in [3.63, 3.8) is 0 Å². The van der Waals surface area contributed by atoms with E-state index in [2.05, 4.69) is 5.32 Å². The van der Waals surface area contributed by atoms with Crippen LogP contribution in [0.3, 0.4) is 0 Å². The molecule has 112 valence electrons. The summed E-state index contributed by atoms with van der Waals surface area (Å²) in [5.41, 5.74) is -1.23. The first-order valence-corrected chi connectivity index (χ1v) is 6.35. The second-order valence-corrected chi connectivity index (χ2v) is 5.06. The number of halogens is 2. The van der Waals surface area contributed by atoms with Crippen molar-refractivity contribution in [2.24, 2.45) is 0 Å². The maximum absolute atomic E-state index is 13.0. The number of nitrogens with one attached hydrogen (secondary N) is 1. The molecule has 0 saturated carbocycles. The average molecular weight is 295 g/mol. The van der Waals surface area contributed by atoms with Gasteiger partial charge in [-0.05, 0) is 37.3 Å². The molecule has 0 spiro atoms. The summed E-state index contributed by atoms with van der Waals surface area (Å²) in [6.07, 6.45) is 1.71. The molecule has 21 heavy (non-hydrogen) atoms. The molecule has 1 atom stereocenters. The standard InChI is InChI=1S/C15H15F2NO3/c1-15(20,8-11-3-2-6-21-11)9-18-14(19)10-4-5-12(16)13(17)7-10/h2-7,20H,8-9H2,1H3,(H,18,19)/t15-/m1/s1. The van der Waals surface area contributed by atoms with Gasteiger partial charge in [-0.15, -0.1) is 0 Å². The van der Waals surface area contributed by atoms with E-state index in [0.717, 1.165) is 12.1 Å². The predicted molar refractivity (Wildman–Crippen MR) is 71.7 cm³/mol. The molecule has 0 aliphatic carbocycles. The summed E-state index contributed by atoms with van der Waals surface area (Å²) in [6, 6.07) is 6.28. The number of furan rings is 1. The molecule has 0 unspecified atom stereocenters. The molecule has 6 heteroatoms. The highest BCUT2D eigenvalue weighted by Crippen LogP contribution is 2.13. The van der Waals surface area contributed by atoms with Crippen LogP contribution in [-0.4, -0.2) is 23.2 Å². The zero-order valence-electron chi connectivity index (χ0n) is 11.4. The van der Waals surface area contributed by atoms with Gasteiger partial charge in [0.25, 0.3) is 5.91 Å². The summed E-state index contributed by atoms with van der Waals surface area (Å²) in [6.45, 7) is 1.49. The first-order valence-electron chi connectivity index (χ1n) is 6.35. The molecule has 0 aliphatic heterocycles. The summed E-state index contributed by atoms with van der Waals surface area (Å²) >= 11 is 0. The number of hydrogen-bond acceptors (Lipinski definition) is 3. The minimum atomic E-state index is -1.22. The summed E-state index contributed by atoms with van der Waals surface area (Å²) in [5.74, 6) is -2.11. The summed E-state index contributed by atoms with van der Waals surface area (Å²) in [7, 11) is 0. The Labute approximate surface area is 120 Å². The van der Waals surface area contributed by atoms with Gasteiger partial charge in [0.2, 0.25) is 0 Å². The molecule has 0 aliphatic rings. The smallest absolute Gasteiger partial charge is 0.251 e. The van der Waals surface area contributed by atoms with Crippen LogP contribution < -0.4 is 5.32 Å². The number of benzene rings is 1. The topological polar surface area (TPSA) is 62.5 Å². The highest BCUT2D eigenvalue weighted by atomic mass is 19.2. The summed E-state index contributed by atoms with van der Waals surface area (Å²) in [5, 5.41) is 12.7. The molecule has 0 bridgehead atoms. The molecule has 1 aromatic carbocycles. The summed E-state index contributed by atoms with van der Waals surface area (Å²) < 4.78 is 31.0. The first-order chi connectivity index (χ1) is 9.87. The van der Waals surface area contributed by atoms with Gasteiger partial charge in [-0.3, -0.25) is 4.79 Å². The van der Waals surface area contributed by atoms with E-state index in [1.165, 1.54) is 12.3 Å². The van der Waals surface area contributed by atoms with Crippen molar-refractivity contribution in [1.29, 1.82) is 0 Å². The van der Waals surface area contributed by atoms with Gasteiger partial charge in [-0.25, -0.2) is 8.78 Å². The van der Waals surface area contributed by atoms with Crippen LogP contribution in [-0.2, 0) is 6.42 Å². The zero-order chi connectivity index (χ0) is 15.5. The Morgan fingerprint density at radius 3 is 2.71 bits per heavy atom. The number of carbonyl (C=O) groups excluding carboxylic acids is 1. The van der Waals surface area contributed by atoms with E-state index in [0.29, 0.717) is 5.76 Å². The molecule has 1 aromatic heterocycles. The van der Waals surface area contributed by atoms with E-state index in [9.17, 15) is 18.7 Å². The quantitative estimate of drug-likeness (QED) is 0.889. The van der Waals surface area contributed by atoms with Crippen molar-refractivity contribution in [1.82, 2.24) is 5.32 Å². The molecule has 1 heterocycles. The summed E-state index contributed by atoms with van der Waals surface area (Å²) in [4.78, 5) is 11.8. The Kier molecular flexibility index (Phi) is 4.37. The fraction of sp³-hybridized carbons (Fsp3) is 0.267. The zero-order valence-corrected chi connectivity index (χ0v) is 11.4. The molecule has 0 radical (unpaired) electrons. The third-order valence-corrected chi connectivity index (χ3v) is 2.95. The van der Waals surface area contributed by atoms with Crippen LogP contribution in [0.1, 0.15) is 23.0 Å². The van der Waals surface area contributed by atoms with Crippen LogP contribution in [0.5, 0.6) is 0 Å². The van der Waals surface area contributed by atoms with Crippen LogP contribution in [0.25, 0.3) is 0 Å². The maximum atomic E-state index is 13.0. The van der Waals surface area contributed by atoms with E-state index in [1.807, 2.05) is 0 Å². The van der Waals surface area contributed by atoms with E-state index in [-0.39, 0.29) is 18.5 Å². The van der Waals surface area contributed by atoms with Crippen LogP contribution in [0.15, 0.2) is 41.0 Å². The molecule has 2 aromatic rings. The minimum absolute atomic E-state index is 0.0114. The maximum Gasteiger partial charge on any atom is 0.251 e. The van der Waals surface area contributed by atoms with Gasteiger partial charge in [0.15, 0.2) is 11.6 Å². The Morgan fingerprint density at radius 2 is 2.10 bits per heavy atom. The highest BCUT2D eigenvalue weighted by Gasteiger charge is 2.23. The van der Waals surface area contributed by atoms with Crippen molar-refractivity contribution in [3.8, 4) is 0 Å². The van der Waals surface area contributed by atoms with E-state index < -0.39 is 23.1 Å². The van der Waals surface area contributed by atoms with Crippen molar-refractivity contribution < 1.29 is 23.1 Å². The molecule has 2 N–H and O–H groups in total. The van der Waals surface area contributed by atoms with Crippen molar-refractivity contribution in [2.45, 2.75) is 18.9 Å². The number of rotatable bonds is 5. The molecular weight excluding hydrogens is 280 g/mol. The monoisotopic (exact) mass is 295 g/mol. The lowest BCUT2D eigenvalue weighted by molar-refractivity contribution is 0.0510. The molecule has 0 saturated heterocycles. The SMILES string of the molecule is C[C@](O)(CNC(=O)c1ccc(F)c(F)c1)Cc1ccco1. The molecular formula is C15H15F2NO3. The van der Waals surface area contributed by atoms with Crippen LogP contribution >= 0.6 is 0 Å². The second kappa shape index (κ2) is 6.05. The highest BCUT2D eigenvalue weighted by molar-refractivity contribution is 5.94. The molecule has 1 amide bonds. The number of hydrogen-bond donors (Lipinski definition) is 2. The van der Waals surface area contributed by atoms with Crippen LogP contribution in [0.2, 0.25) is 0 Å². The Bertz CT molecular complexity index is 624. The number of carbonyl (C=O) groups is 1. The van der Waals surface area contributed by atoms with Gasteiger partial charge in [0, 0.05) is 18.5 Å². The lowest BCUT2D eigenvalue weighted by Crippen LogP contribution is -2.42. The van der Waals surface area contributed by atoms with Crippen LogP contribution in [0, 0.1) is 11.6 Å². The lowest BCUT2D eigenvalue weighted by atomic mass is 10.0. The molecule has 0 fully saturated rings. The average Bonchev–Trinajstić information content (AvgIpc) is 2.91. The minimum Gasteiger partial charge on any atom is -0.469 e. The molecule has 2 rings (SSSR count). The van der Waals surface area contributed by atoms with Crippen LogP contribution in [0.4, 0.5) is 8.78 Å². The largest absolute Gasteiger partial charge is 0.469 e. The van der Waals surface area contributed by atoms with Crippen molar-refractivity contribution in [3.05, 3.63) is 59.6 Å². The Hall–Kier alpha value is -2.21. The van der Waals surface area contributed by atoms with E-state index >= 15 is 0 Å². The van der Waals surface area contributed by atoms with Gasteiger partial charge in [-0.2, -0.15) is 0 Å². The van der Waals surface area contributed by atoms with E-state index in [1.54, 1.807) is 19.1 Å². The van der Waals surface area contributed by atoms with Gasteiger partial charge in [-0.1, -0.05) is 0 Å². The van der Waals surface area contributed by atoms with Gasteiger partial charge in [0.1, 0.15) is 5.76 Å². The fourth-order valence-electron chi connectivity index (χ4n) is 1.86.